The minimum Gasteiger partial charge on any atom is -0.479 e. The molecule has 2 aliphatic carbocycles. The second-order valence-corrected chi connectivity index (χ2v) is 6.97. The van der Waals surface area contributed by atoms with Crippen molar-refractivity contribution in [3.8, 4) is 0 Å². The van der Waals surface area contributed by atoms with E-state index in [1.807, 2.05) is 13.8 Å². The molecule has 0 saturated heterocycles. The first-order valence-electron chi connectivity index (χ1n) is 6.93. The molecule has 0 bridgehead atoms. The van der Waals surface area contributed by atoms with Crippen LogP contribution < -0.4 is 0 Å². The van der Waals surface area contributed by atoms with E-state index in [0.717, 1.165) is 12.5 Å². The predicted molar refractivity (Wildman–Crippen MR) is 72.5 cm³/mol. The summed E-state index contributed by atoms with van der Waals surface area (Å²) >= 11 is 0. The molecule has 6 heteroatoms. The van der Waals surface area contributed by atoms with E-state index in [0.29, 0.717) is 12.8 Å². The SMILES string of the molecule is CC1(C)CCC[C@]2(C)[C@@H]1C(=O)C=C(C(=O)O)[C@]2(O)C(=O)O. The lowest BCUT2D eigenvalue weighted by molar-refractivity contribution is -0.191. The van der Waals surface area contributed by atoms with Crippen molar-refractivity contribution >= 4 is 17.7 Å². The van der Waals surface area contributed by atoms with E-state index >= 15 is 0 Å². The number of allylic oxidation sites excluding steroid dienone is 1. The van der Waals surface area contributed by atoms with Gasteiger partial charge in [-0.15, -0.1) is 0 Å². The summed E-state index contributed by atoms with van der Waals surface area (Å²) in [5, 5.41) is 29.5. The van der Waals surface area contributed by atoms with Gasteiger partial charge in [-0.3, -0.25) is 4.79 Å². The van der Waals surface area contributed by atoms with Crippen molar-refractivity contribution in [3.05, 3.63) is 11.6 Å². The van der Waals surface area contributed by atoms with Gasteiger partial charge in [0.1, 0.15) is 0 Å². The lowest BCUT2D eigenvalue weighted by Crippen LogP contribution is -2.66. The predicted octanol–water partition coefficient (Wildman–Crippen LogP) is 1.23. The molecule has 0 unspecified atom stereocenters. The maximum atomic E-state index is 12.4. The molecule has 3 N–H and O–H groups in total. The third-order valence-corrected chi connectivity index (χ3v) is 5.26. The Morgan fingerprint density at radius 2 is 1.76 bits per heavy atom. The Labute approximate surface area is 122 Å². The van der Waals surface area contributed by atoms with Gasteiger partial charge in [-0.05, 0) is 24.3 Å². The highest BCUT2D eigenvalue weighted by atomic mass is 16.4. The number of fused-ring (bicyclic) bond motifs is 1. The van der Waals surface area contributed by atoms with Gasteiger partial charge in [-0.1, -0.05) is 27.2 Å². The fourth-order valence-corrected chi connectivity index (χ4v) is 4.36. The molecule has 2 aliphatic rings. The zero-order chi connectivity index (χ0) is 16.2. The Morgan fingerprint density at radius 1 is 1.19 bits per heavy atom. The molecule has 0 aromatic rings. The van der Waals surface area contributed by atoms with E-state index in [9.17, 15) is 29.7 Å². The van der Waals surface area contributed by atoms with Crippen LogP contribution in [0.25, 0.3) is 0 Å². The zero-order valence-electron chi connectivity index (χ0n) is 12.3. The van der Waals surface area contributed by atoms with Gasteiger partial charge in [-0.25, -0.2) is 9.59 Å². The van der Waals surface area contributed by atoms with Crippen LogP contribution in [0.15, 0.2) is 11.6 Å². The lowest BCUT2D eigenvalue weighted by Gasteiger charge is -2.56. The molecule has 0 aliphatic heterocycles. The van der Waals surface area contributed by atoms with Crippen LogP contribution in [-0.4, -0.2) is 38.6 Å². The summed E-state index contributed by atoms with van der Waals surface area (Å²) in [6.45, 7) is 5.23. The molecule has 0 spiro atoms. The van der Waals surface area contributed by atoms with Crippen LogP contribution in [0.1, 0.15) is 40.0 Å². The highest BCUT2D eigenvalue weighted by Crippen LogP contribution is 2.60. The van der Waals surface area contributed by atoms with Crippen molar-refractivity contribution in [2.24, 2.45) is 16.7 Å². The van der Waals surface area contributed by atoms with Crippen molar-refractivity contribution in [2.45, 2.75) is 45.6 Å². The highest BCUT2D eigenvalue weighted by Gasteiger charge is 2.67. The number of carbonyl (C=O) groups excluding carboxylic acids is 1. The van der Waals surface area contributed by atoms with Gasteiger partial charge in [-0.2, -0.15) is 0 Å². The number of hydrogen-bond donors (Lipinski definition) is 3. The summed E-state index contributed by atoms with van der Waals surface area (Å²) in [5.74, 6) is -4.32. The van der Waals surface area contributed by atoms with Gasteiger partial charge in [0.05, 0.1) is 5.57 Å². The fraction of sp³-hybridized carbons (Fsp3) is 0.667. The van der Waals surface area contributed by atoms with Crippen molar-refractivity contribution in [1.82, 2.24) is 0 Å². The molecular weight excluding hydrogens is 276 g/mol. The summed E-state index contributed by atoms with van der Waals surface area (Å²) in [6, 6.07) is 0. The fourth-order valence-electron chi connectivity index (χ4n) is 4.36. The van der Waals surface area contributed by atoms with E-state index in [4.69, 9.17) is 0 Å². The summed E-state index contributed by atoms with van der Waals surface area (Å²) < 4.78 is 0. The number of aliphatic hydroxyl groups is 1. The minimum atomic E-state index is -2.56. The molecule has 0 aromatic carbocycles. The first-order chi connectivity index (χ1) is 9.48. The van der Waals surface area contributed by atoms with Crippen LogP contribution in [0.2, 0.25) is 0 Å². The molecule has 116 valence electrons. The molecule has 6 nitrogen and oxygen atoms in total. The number of carboxylic acids is 2. The minimum absolute atomic E-state index is 0.292. The Kier molecular flexibility index (Phi) is 3.29. The summed E-state index contributed by atoms with van der Waals surface area (Å²) in [4.78, 5) is 35.5. The van der Waals surface area contributed by atoms with E-state index in [-0.39, 0.29) is 0 Å². The van der Waals surface area contributed by atoms with Crippen LogP contribution in [0.5, 0.6) is 0 Å². The van der Waals surface area contributed by atoms with Crippen LogP contribution in [0.3, 0.4) is 0 Å². The molecule has 2 rings (SSSR count). The Bertz CT molecular complexity index is 561. The molecule has 3 atom stereocenters. The standard InChI is InChI=1S/C15H20O6/c1-13(2)5-4-6-14(3)10(13)9(16)7-8(11(17)18)15(14,21)12(19)20/h7,10,21H,4-6H2,1-3H3,(H,17,18)(H,19,20)/t10-,14-,15+/m1/s1. The molecule has 1 fully saturated rings. The third-order valence-electron chi connectivity index (χ3n) is 5.26. The number of carboxylic acid groups (broad SMARTS) is 2. The number of carbonyl (C=O) groups is 3. The topological polar surface area (TPSA) is 112 Å². The first-order valence-corrected chi connectivity index (χ1v) is 6.93. The summed E-state index contributed by atoms with van der Waals surface area (Å²) in [6.07, 6.45) is 2.46. The smallest absolute Gasteiger partial charge is 0.341 e. The van der Waals surface area contributed by atoms with Crippen molar-refractivity contribution in [3.63, 3.8) is 0 Å². The van der Waals surface area contributed by atoms with E-state index < -0.39 is 45.6 Å². The van der Waals surface area contributed by atoms with Gasteiger partial charge in [0.2, 0.25) is 0 Å². The van der Waals surface area contributed by atoms with Crippen molar-refractivity contribution < 1.29 is 29.7 Å². The van der Waals surface area contributed by atoms with Gasteiger partial charge < -0.3 is 15.3 Å². The van der Waals surface area contributed by atoms with Crippen molar-refractivity contribution in [2.75, 3.05) is 0 Å². The molecule has 1 saturated carbocycles. The van der Waals surface area contributed by atoms with E-state index in [1.54, 1.807) is 0 Å². The van der Waals surface area contributed by atoms with Crippen LogP contribution in [-0.2, 0) is 14.4 Å². The van der Waals surface area contributed by atoms with Crippen molar-refractivity contribution in [1.29, 1.82) is 0 Å². The normalized spacial score (nSPS) is 38.4. The van der Waals surface area contributed by atoms with Crippen LogP contribution >= 0.6 is 0 Å². The van der Waals surface area contributed by atoms with Gasteiger partial charge in [0.25, 0.3) is 0 Å². The van der Waals surface area contributed by atoms with Gasteiger partial charge in [0.15, 0.2) is 11.4 Å². The second-order valence-electron chi connectivity index (χ2n) is 6.97. The maximum Gasteiger partial charge on any atom is 0.341 e. The number of aliphatic carboxylic acids is 2. The second kappa shape index (κ2) is 4.40. The molecule has 0 radical (unpaired) electrons. The summed E-state index contributed by atoms with van der Waals surface area (Å²) in [7, 11) is 0. The molecule has 0 heterocycles. The monoisotopic (exact) mass is 296 g/mol. The lowest BCUT2D eigenvalue weighted by atomic mass is 9.46. The van der Waals surface area contributed by atoms with Gasteiger partial charge >= 0.3 is 11.9 Å². The average Bonchev–Trinajstić information content (AvgIpc) is 2.31. The Morgan fingerprint density at radius 3 is 2.24 bits per heavy atom. The average molecular weight is 296 g/mol. The van der Waals surface area contributed by atoms with E-state index in [1.165, 1.54) is 6.92 Å². The molecular formula is C15H20O6. The maximum absolute atomic E-state index is 12.4. The largest absolute Gasteiger partial charge is 0.479 e. The first kappa shape index (κ1) is 15.7. The molecule has 21 heavy (non-hydrogen) atoms. The van der Waals surface area contributed by atoms with Crippen LogP contribution in [0, 0.1) is 16.7 Å². The molecule has 0 aromatic heterocycles. The molecule has 0 amide bonds. The Balaban J connectivity index is 2.77. The Hall–Kier alpha value is -1.69. The number of rotatable bonds is 2. The number of ketones is 1. The zero-order valence-corrected chi connectivity index (χ0v) is 12.3. The number of hydrogen-bond acceptors (Lipinski definition) is 4. The van der Waals surface area contributed by atoms with Crippen LogP contribution in [0.4, 0.5) is 0 Å². The summed E-state index contributed by atoms with van der Waals surface area (Å²) in [5.41, 5.74) is -5.13. The quantitative estimate of drug-likeness (QED) is 0.706. The van der Waals surface area contributed by atoms with Gasteiger partial charge in [0, 0.05) is 11.3 Å². The third kappa shape index (κ3) is 1.85. The highest BCUT2D eigenvalue weighted by molar-refractivity contribution is 6.09. The van der Waals surface area contributed by atoms with E-state index in [2.05, 4.69) is 0 Å².